The molecule has 0 aliphatic rings. The third-order valence-electron chi connectivity index (χ3n) is 2.85. The van der Waals surface area contributed by atoms with Crippen molar-refractivity contribution in [3.05, 3.63) is 64.1 Å². The van der Waals surface area contributed by atoms with Crippen molar-refractivity contribution in [2.24, 2.45) is 0 Å². The topological polar surface area (TPSA) is 41.1 Å². The zero-order chi connectivity index (χ0) is 14.5. The van der Waals surface area contributed by atoms with Gasteiger partial charge in [0.2, 0.25) is 0 Å². The molecule has 2 rings (SSSR count). The third kappa shape index (κ3) is 3.65. The molecule has 0 heterocycles. The van der Waals surface area contributed by atoms with Crippen LogP contribution in [0.15, 0.2) is 48.5 Å². The Labute approximate surface area is 127 Å². The van der Waals surface area contributed by atoms with Gasteiger partial charge >= 0.3 is 6.03 Å². The number of benzene rings is 2. The zero-order valence-electron chi connectivity index (χ0n) is 10.9. The van der Waals surface area contributed by atoms with E-state index in [1.807, 2.05) is 37.3 Å². The highest BCUT2D eigenvalue weighted by Crippen LogP contribution is 2.29. The van der Waals surface area contributed by atoms with Crippen molar-refractivity contribution in [1.29, 1.82) is 0 Å². The van der Waals surface area contributed by atoms with E-state index in [4.69, 9.17) is 23.2 Å². The van der Waals surface area contributed by atoms with E-state index in [1.54, 1.807) is 18.2 Å². The predicted molar refractivity (Wildman–Crippen MR) is 83.5 cm³/mol. The van der Waals surface area contributed by atoms with Gasteiger partial charge in [-0.2, -0.15) is 0 Å². The lowest BCUT2D eigenvalue weighted by Crippen LogP contribution is -2.31. The predicted octanol–water partition coefficient (Wildman–Crippen LogP) is 4.88. The van der Waals surface area contributed by atoms with Crippen LogP contribution in [0.2, 0.25) is 10.0 Å². The van der Waals surface area contributed by atoms with Crippen molar-refractivity contribution in [2.75, 3.05) is 5.32 Å². The number of carbonyl (C=O) groups excluding carboxylic acids is 1. The summed E-state index contributed by atoms with van der Waals surface area (Å²) in [7, 11) is 0. The van der Waals surface area contributed by atoms with E-state index in [0.29, 0.717) is 15.7 Å². The Morgan fingerprint density at radius 1 is 1.00 bits per heavy atom. The summed E-state index contributed by atoms with van der Waals surface area (Å²) in [4.78, 5) is 12.0. The summed E-state index contributed by atoms with van der Waals surface area (Å²) in [5, 5.41) is 6.30. The van der Waals surface area contributed by atoms with Gasteiger partial charge in [0.05, 0.1) is 21.8 Å². The van der Waals surface area contributed by atoms with Gasteiger partial charge in [-0.05, 0) is 24.6 Å². The average molecular weight is 309 g/mol. The lowest BCUT2D eigenvalue weighted by molar-refractivity contribution is 0.249. The van der Waals surface area contributed by atoms with Crippen molar-refractivity contribution in [1.82, 2.24) is 5.32 Å². The first-order valence-electron chi connectivity index (χ1n) is 6.14. The highest BCUT2D eigenvalue weighted by Gasteiger charge is 2.12. The number of hydrogen-bond acceptors (Lipinski definition) is 1. The molecule has 104 valence electrons. The molecule has 1 unspecified atom stereocenters. The van der Waals surface area contributed by atoms with E-state index in [0.717, 1.165) is 5.56 Å². The largest absolute Gasteiger partial charge is 0.331 e. The Morgan fingerprint density at radius 3 is 2.20 bits per heavy atom. The van der Waals surface area contributed by atoms with Crippen LogP contribution in [0.5, 0.6) is 0 Å². The van der Waals surface area contributed by atoms with Gasteiger partial charge in [0.15, 0.2) is 0 Å². The summed E-state index contributed by atoms with van der Waals surface area (Å²) in [5.74, 6) is 0. The van der Waals surface area contributed by atoms with Gasteiger partial charge in [-0.15, -0.1) is 0 Å². The van der Waals surface area contributed by atoms with Crippen molar-refractivity contribution in [3.63, 3.8) is 0 Å². The fraction of sp³-hybridized carbons (Fsp3) is 0.133. The number of anilines is 1. The molecule has 2 aromatic carbocycles. The molecule has 2 amide bonds. The highest BCUT2D eigenvalue weighted by molar-refractivity contribution is 6.39. The molecule has 0 radical (unpaired) electrons. The lowest BCUT2D eigenvalue weighted by atomic mass is 10.1. The summed E-state index contributed by atoms with van der Waals surface area (Å²) in [6.45, 7) is 1.91. The molecule has 0 aliphatic heterocycles. The molecule has 0 aliphatic carbocycles. The molecule has 2 N–H and O–H groups in total. The molecule has 0 saturated heterocycles. The van der Waals surface area contributed by atoms with E-state index >= 15 is 0 Å². The Balaban J connectivity index is 2.03. The van der Waals surface area contributed by atoms with Crippen LogP contribution in [-0.4, -0.2) is 6.03 Å². The van der Waals surface area contributed by atoms with E-state index in [2.05, 4.69) is 10.6 Å². The van der Waals surface area contributed by atoms with E-state index in [9.17, 15) is 4.79 Å². The maximum atomic E-state index is 12.0. The number of amides is 2. The fourth-order valence-electron chi connectivity index (χ4n) is 1.79. The van der Waals surface area contributed by atoms with Crippen LogP contribution >= 0.6 is 23.2 Å². The molecule has 3 nitrogen and oxygen atoms in total. The van der Waals surface area contributed by atoms with E-state index < -0.39 is 0 Å². The molecular weight excluding hydrogens is 295 g/mol. The van der Waals surface area contributed by atoms with Crippen LogP contribution in [0.1, 0.15) is 18.5 Å². The van der Waals surface area contributed by atoms with Gasteiger partial charge in [0, 0.05) is 0 Å². The van der Waals surface area contributed by atoms with Crippen LogP contribution in [0, 0.1) is 0 Å². The van der Waals surface area contributed by atoms with Crippen molar-refractivity contribution < 1.29 is 4.79 Å². The monoisotopic (exact) mass is 308 g/mol. The van der Waals surface area contributed by atoms with Crippen LogP contribution in [0.4, 0.5) is 10.5 Å². The minimum atomic E-state index is -0.351. The maximum absolute atomic E-state index is 12.0. The molecule has 0 saturated carbocycles. The quantitative estimate of drug-likeness (QED) is 0.834. The van der Waals surface area contributed by atoms with Crippen molar-refractivity contribution in [2.45, 2.75) is 13.0 Å². The molecule has 5 heteroatoms. The normalized spacial score (nSPS) is 11.8. The number of nitrogens with one attached hydrogen (secondary N) is 2. The number of rotatable bonds is 3. The fourth-order valence-corrected chi connectivity index (χ4v) is 2.28. The SMILES string of the molecule is CC(NC(=O)Nc1c(Cl)cccc1Cl)c1ccccc1. The summed E-state index contributed by atoms with van der Waals surface area (Å²) < 4.78 is 0. The van der Waals surface area contributed by atoms with Gasteiger partial charge in [-0.1, -0.05) is 59.6 Å². The summed E-state index contributed by atoms with van der Waals surface area (Å²) in [6, 6.07) is 14.3. The number of halogens is 2. The Kier molecular flexibility index (Phi) is 4.88. The van der Waals surface area contributed by atoms with Crippen LogP contribution in [-0.2, 0) is 0 Å². The Bertz CT molecular complexity index is 582. The molecule has 1 atom stereocenters. The van der Waals surface area contributed by atoms with Crippen LogP contribution in [0.25, 0.3) is 0 Å². The molecule has 0 aromatic heterocycles. The lowest BCUT2D eigenvalue weighted by Gasteiger charge is -2.16. The highest BCUT2D eigenvalue weighted by atomic mass is 35.5. The minimum Gasteiger partial charge on any atom is -0.331 e. The average Bonchev–Trinajstić information content (AvgIpc) is 2.44. The first-order chi connectivity index (χ1) is 9.58. The van der Waals surface area contributed by atoms with Crippen LogP contribution < -0.4 is 10.6 Å². The van der Waals surface area contributed by atoms with Crippen LogP contribution in [0.3, 0.4) is 0 Å². The Hall–Kier alpha value is -1.71. The number of carbonyl (C=O) groups is 1. The van der Waals surface area contributed by atoms with Crippen molar-refractivity contribution in [3.8, 4) is 0 Å². The summed E-state index contributed by atoms with van der Waals surface area (Å²) in [5.41, 5.74) is 1.43. The molecule has 0 bridgehead atoms. The number of hydrogen-bond donors (Lipinski definition) is 2. The van der Waals surface area contributed by atoms with Gasteiger partial charge < -0.3 is 10.6 Å². The summed E-state index contributed by atoms with van der Waals surface area (Å²) in [6.07, 6.45) is 0. The second-order valence-corrected chi connectivity index (χ2v) is 5.14. The molecular formula is C15H14Cl2N2O. The van der Waals surface area contributed by atoms with E-state index in [-0.39, 0.29) is 12.1 Å². The van der Waals surface area contributed by atoms with Gasteiger partial charge in [-0.25, -0.2) is 4.79 Å². The van der Waals surface area contributed by atoms with E-state index in [1.165, 1.54) is 0 Å². The summed E-state index contributed by atoms with van der Waals surface area (Å²) >= 11 is 12.0. The smallest absolute Gasteiger partial charge is 0.319 e. The van der Waals surface area contributed by atoms with Crippen molar-refractivity contribution >= 4 is 34.9 Å². The molecule has 20 heavy (non-hydrogen) atoms. The standard InChI is InChI=1S/C15H14Cl2N2O/c1-10(11-6-3-2-4-7-11)18-15(20)19-14-12(16)8-5-9-13(14)17/h2-10H,1H3,(H2,18,19,20). The second kappa shape index (κ2) is 6.64. The number of urea groups is 1. The first-order valence-corrected chi connectivity index (χ1v) is 6.90. The Morgan fingerprint density at radius 2 is 1.60 bits per heavy atom. The third-order valence-corrected chi connectivity index (χ3v) is 3.48. The van der Waals surface area contributed by atoms with Gasteiger partial charge in [0.1, 0.15) is 0 Å². The first kappa shape index (κ1) is 14.7. The van der Waals surface area contributed by atoms with Gasteiger partial charge in [0.25, 0.3) is 0 Å². The molecule has 0 spiro atoms. The zero-order valence-corrected chi connectivity index (χ0v) is 12.4. The minimum absolute atomic E-state index is 0.113. The molecule has 0 fully saturated rings. The second-order valence-electron chi connectivity index (χ2n) is 4.33. The maximum Gasteiger partial charge on any atom is 0.319 e. The van der Waals surface area contributed by atoms with Gasteiger partial charge in [-0.3, -0.25) is 0 Å². The number of para-hydroxylation sites is 1. The molecule has 2 aromatic rings.